The molecular formula is C14H9F3N4O4. The van der Waals surface area contributed by atoms with Crippen LogP contribution in [0.3, 0.4) is 0 Å². The van der Waals surface area contributed by atoms with Gasteiger partial charge in [-0.3, -0.25) is 24.7 Å². The number of fused-ring (bicyclic) bond motifs is 1. The molecule has 0 spiro atoms. The normalized spacial score (nSPS) is 17.0. The van der Waals surface area contributed by atoms with Gasteiger partial charge in [0.15, 0.2) is 0 Å². The van der Waals surface area contributed by atoms with Crippen molar-refractivity contribution >= 4 is 11.8 Å². The molecule has 130 valence electrons. The maximum Gasteiger partial charge on any atom is 0.433 e. The number of carbonyl (C=O) groups excluding carboxylic acids is 2. The van der Waals surface area contributed by atoms with Gasteiger partial charge in [0, 0.05) is 17.3 Å². The van der Waals surface area contributed by atoms with Crippen molar-refractivity contribution in [1.29, 1.82) is 0 Å². The predicted molar refractivity (Wildman–Crippen MR) is 75.0 cm³/mol. The number of ether oxygens (including phenoxy) is 1. The Balaban J connectivity index is 2.19. The molecule has 0 radical (unpaired) electrons. The first kappa shape index (κ1) is 16.6. The second-order valence-electron chi connectivity index (χ2n) is 5.08. The Morgan fingerprint density at radius 3 is 2.56 bits per heavy atom. The number of imide groups is 1. The van der Waals surface area contributed by atoms with E-state index < -0.39 is 35.2 Å². The highest BCUT2D eigenvalue weighted by Crippen LogP contribution is 2.33. The van der Waals surface area contributed by atoms with Crippen molar-refractivity contribution in [2.45, 2.75) is 12.1 Å². The number of nitrogens with zero attached hydrogens (tertiary/aromatic N) is 2. The average Bonchev–Trinajstić information content (AvgIpc) is 2.53. The van der Waals surface area contributed by atoms with Crippen molar-refractivity contribution in [3.63, 3.8) is 0 Å². The van der Waals surface area contributed by atoms with Crippen LogP contribution in [-0.4, -0.2) is 33.9 Å². The number of methoxy groups -OCH3 is 1. The average molecular weight is 354 g/mol. The largest absolute Gasteiger partial charge is 0.481 e. The van der Waals surface area contributed by atoms with Gasteiger partial charge >= 0.3 is 6.18 Å². The highest BCUT2D eigenvalue weighted by Gasteiger charge is 2.39. The standard InChI is InChI=1S/C14H9F3N4O4/c1-25-9-3-8(22)19-11(20-9)10-6-4-18-7(14(15,16)17)2-5(6)12(23)21-13(10)24/h2-4,10H,1H3,(H,19,20,22)(H,21,23,24). The van der Waals surface area contributed by atoms with E-state index in [0.717, 1.165) is 12.3 Å². The molecule has 3 heterocycles. The first-order chi connectivity index (χ1) is 11.7. The third kappa shape index (κ3) is 2.95. The lowest BCUT2D eigenvalue weighted by molar-refractivity contribution is -0.141. The number of nitrogens with one attached hydrogen (secondary N) is 2. The molecule has 2 aromatic heterocycles. The number of aromatic amines is 1. The van der Waals surface area contributed by atoms with Crippen molar-refractivity contribution in [3.8, 4) is 5.88 Å². The maximum atomic E-state index is 12.8. The summed E-state index contributed by atoms with van der Waals surface area (Å²) in [6, 6.07) is 1.57. The molecule has 3 rings (SSSR count). The molecule has 11 heteroatoms. The number of alkyl halides is 3. The van der Waals surface area contributed by atoms with E-state index in [2.05, 4.69) is 15.0 Å². The monoisotopic (exact) mass is 354 g/mol. The lowest BCUT2D eigenvalue weighted by Gasteiger charge is -2.24. The van der Waals surface area contributed by atoms with Crippen LogP contribution in [0.15, 0.2) is 23.1 Å². The number of pyridine rings is 1. The van der Waals surface area contributed by atoms with Crippen molar-refractivity contribution in [1.82, 2.24) is 20.3 Å². The molecule has 0 saturated carbocycles. The van der Waals surface area contributed by atoms with Gasteiger partial charge in [-0.2, -0.15) is 18.2 Å². The summed E-state index contributed by atoms with van der Waals surface area (Å²) >= 11 is 0. The fourth-order valence-electron chi connectivity index (χ4n) is 2.41. The minimum Gasteiger partial charge on any atom is -0.481 e. The summed E-state index contributed by atoms with van der Waals surface area (Å²) < 4.78 is 43.2. The fraction of sp³-hybridized carbons (Fsp3) is 0.214. The smallest absolute Gasteiger partial charge is 0.433 e. The van der Waals surface area contributed by atoms with Gasteiger partial charge < -0.3 is 9.72 Å². The molecule has 1 aliphatic rings. The minimum atomic E-state index is -4.76. The molecule has 1 atom stereocenters. The molecule has 2 amide bonds. The summed E-state index contributed by atoms with van der Waals surface area (Å²) in [5.74, 6) is -3.43. The Morgan fingerprint density at radius 2 is 1.92 bits per heavy atom. The number of carbonyl (C=O) groups is 2. The molecule has 2 N–H and O–H groups in total. The van der Waals surface area contributed by atoms with Crippen LogP contribution in [0.4, 0.5) is 13.2 Å². The molecule has 25 heavy (non-hydrogen) atoms. The van der Waals surface area contributed by atoms with E-state index in [-0.39, 0.29) is 22.8 Å². The Hall–Kier alpha value is -3.24. The summed E-state index contributed by atoms with van der Waals surface area (Å²) in [5.41, 5.74) is -2.38. The molecule has 0 bridgehead atoms. The minimum absolute atomic E-state index is 0.0927. The van der Waals surface area contributed by atoms with Crippen LogP contribution in [0, 0.1) is 0 Å². The molecule has 0 fully saturated rings. The van der Waals surface area contributed by atoms with Crippen LogP contribution in [-0.2, 0) is 11.0 Å². The molecule has 2 aromatic rings. The van der Waals surface area contributed by atoms with Crippen LogP contribution in [0.25, 0.3) is 0 Å². The lowest BCUT2D eigenvalue weighted by Crippen LogP contribution is -2.42. The molecule has 1 unspecified atom stereocenters. The molecule has 8 nitrogen and oxygen atoms in total. The summed E-state index contributed by atoms with van der Waals surface area (Å²) in [4.78, 5) is 45.2. The van der Waals surface area contributed by atoms with E-state index in [4.69, 9.17) is 4.74 Å². The third-order valence-corrected chi connectivity index (χ3v) is 3.50. The number of hydrogen-bond acceptors (Lipinski definition) is 6. The molecule has 0 saturated heterocycles. The Labute approximate surface area is 137 Å². The summed E-state index contributed by atoms with van der Waals surface area (Å²) in [7, 11) is 1.25. The second kappa shape index (κ2) is 5.69. The van der Waals surface area contributed by atoms with Gasteiger partial charge in [0.2, 0.25) is 11.8 Å². The van der Waals surface area contributed by atoms with E-state index in [1.807, 2.05) is 5.32 Å². The van der Waals surface area contributed by atoms with Crippen molar-refractivity contribution in [2.75, 3.05) is 7.11 Å². The highest BCUT2D eigenvalue weighted by atomic mass is 19.4. The fourth-order valence-corrected chi connectivity index (χ4v) is 2.41. The van der Waals surface area contributed by atoms with E-state index in [9.17, 15) is 27.6 Å². The molecule has 1 aliphatic heterocycles. The third-order valence-electron chi connectivity index (χ3n) is 3.50. The Kier molecular flexibility index (Phi) is 3.78. The van der Waals surface area contributed by atoms with Crippen molar-refractivity contribution in [3.05, 3.63) is 51.3 Å². The first-order valence-electron chi connectivity index (χ1n) is 6.78. The summed E-state index contributed by atoms with van der Waals surface area (Å²) in [5, 5.41) is 1.94. The van der Waals surface area contributed by atoms with Crippen LogP contribution >= 0.6 is 0 Å². The van der Waals surface area contributed by atoms with Crippen molar-refractivity contribution < 1.29 is 27.5 Å². The van der Waals surface area contributed by atoms with Gasteiger partial charge in [0.1, 0.15) is 17.4 Å². The number of amides is 2. The summed E-state index contributed by atoms with van der Waals surface area (Å²) in [6.45, 7) is 0. The number of aromatic nitrogens is 3. The molecule has 0 aromatic carbocycles. The van der Waals surface area contributed by atoms with Crippen molar-refractivity contribution in [2.24, 2.45) is 0 Å². The van der Waals surface area contributed by atoms with Gasteiger partial charge in [0.25, 0.3) is 11.5 Å². The van der Waals surface area contributed by atoms with Gasteiger partial charge in [-0.1, -0.05) is 0 Å². The van der Waals surface area contributed by atoms with Crippen LogP contribution in [0.2, 0.25) is 0 Å². The quantitative estimate of drug-likeness (QED) is 0.763. The van der Waals surface area contributed by atoms with Gasteiger partial charge in [-0.25, -0.2) is 0 Å². The van der Waals surface area contributed by atoms with E-state index in [0.29, 0.717) is 6.07 Å². The zero-order valence-corrected chi connectivity index (χ0v) is 12.5. The Morgan fingerprint density at radius 1 is 1.20 bits per heavy atom. The number of hydrogen-bond donors (Lipinski definition) is 2. The van der Waals surface area contributed by atoms with Crippen LogP contribution < -0.4 is 15.6 Å². The van der Waals surface area contributed by atoms with E-state index >= 15 is 0 Å². The summed E-state index contributed by atoms with van der Waals surface area (Å²) in [6.07, 6.45) is -3.98. The number of H-pyrrole nitrogens is 1. The molecular weight excluding hydrogens is 345 g/mol. The zero-order valence-electron chi connectivity index (χ0n) is 12.5. The van der Waals surface area contributed by atoms with Gasteiger partial charge in [-0.15, -0.1) is 0 Å². The number of halogens is 3. The van der Waals surface area contributed by atoms with Crippen LogP contribution in [0.1, 0.15) is 33.4 Å². The lowest BCUT2D eigenvalue weighted by atomic mass is 9.90. The zero-order chi connectivity index (χ0) is 18.4. The number of rotatable bonds is 2. The van der Waals surface area contributed by atoms with E-state index in [1.165, 1.54) is 7.11 Å². The SMILES string of the molecule is COc1cc(=O)[nH]c(C2C(=O)NC(=O)c3cc(C(F)(F)F)ncc32)n1. The maximum absolute atomic E-state index is 12.8. The van der Waals surface area contributed by atoms with Crippen LogP contribution in [0.5, 0.6) is 5.88 Å². The van der Waals surface area contributed by atoms with Gasteiger partial charge in [0.05, 0.1) is 13.2 Å². The second-order valence-corrected chi connectivity index (χ2v) is 5.08. The first-order valence-corrected chi connectivity index (χ1v) is 6.78. The molecule has 0 aliphatic carbocycles. The Bertz CT molecular complexity index is 938. The van der Waals surface area contributed by atoms with E-state index in [1.54, 1.807) is 0 Å². The van der Waals surface area contributed by atoms with Gasteiger partial charge in [-0.05, 0) is 6.07 Å². The topological polar surface area (TPSA) is 114 Å². The highest BCUT2D eigenvalue weighted by molar-refractivity contribution is 6.12. The predicted octanol–water partition coefficient (Wildman–Crippen LogP) is 0.594.